The number of primary amides is 1. The van der Waals surface area contributed by atoms with Crippen molar-refractivity contribution in [3.05, 3.63) is 17.6 Å². The van der Waals surface area contributed by atoms with Gasteiger partial charge in [-0.05, 0) is 18.6 Å². The minimum absolute atomic E-state index is 0.246. The van der Waals surface area contributed by atoms with Crippen LogP contribution in [0.3, 0.4) is 0 Å². The lowest BCUT2D eigenvalue weighted by Crippen LogP contribution is -2.15. The van der Waals surface area contributed by atoms with Crippen molar-refractivity contribution in [2.24, 2.45) is 5.73 Å². The maximum absolute atomic E-state index is 11.0. The number of carbonyl (C=O) groups is 1. The smallest absolute Gasteiger partial charge is 0.268 e. The SMILES string of the molecule is CCCCc1ncc(C(N)=O)nc1SCC. The summed E-state index contributed by atoms with van der Waals surface area (Å²) in [6.45, 7) is 4.19. The lowest BCUT2D eigenvalue weighted by atomic mass is 10.2. The van der Waals surface area contributed by atoms with Crippen LogP contribution in [0.2, 0.25) is 0 Å². The standard InChI is InChI=1S/C11H17N3OS/c1-3-5-6-8-11(16-4-2)14-9(7-13-8)10(12)15/h7H,3-6H2,1-2H3,(H2,12,15). The Morgan fingerprint density at radius 3 is 2.81 bits per heavy atom. The molecule has 0 aliphatic carbocycles. The molecule has 0 aliphatic rings. The summed E-state index contributed by atoms with van der Waals surface area (Å²) in [5.74, 6) is 0.392. The molecular weight excluding hydrogens is 222 g/mol. The van der Waals surface area contributed by atoms with E-state index in [9.17, 15) is 4.79 Å². The first-order chi connectivity index (χ1) is 7.69. The Labute approximate surface area is 100 Å². The maximum atomic E-state index is 11.0. The van der Waals surface area contributed by atoms with E-state index in [4.69, 9.17) is 5.73 Å². The van der Waals surface area contributed by atoms with Gasteiger partial charge in [0, 0.05) is 0 Å². The van der Waals surface area contributed by atoms with Crippen LogP contribution in [0, 0.1) is 0 Å². The summed E-state index contributed by atoms with van der Waals surface area (Å²) in [5.41, 5.74) is 6.40. The average Bonchev–Trinajstić information content (AvgIpc) is 2.27. The highest BCUT2D eigenvalue weighted by atomic mass is 32.2. The number of thioether (sulfide) groups is 1. The van der Waals surface area contributed by atoms with Crippen LogP contribution in [-0.4, -0.2) is 21.6 Å². The highest BCUT2D eigenvalue weighted by molar-refractivity contribution is 7.99. The molecule has 0 saturated carbocycles. The molecule has 88 valence electrons. The van der Waals surface area contributed by atoms with Crippen LogP contribution in [0.1, 0.15) is 42.9 Å². The molecule has 0 unspecified atom stereocenters. The molecule has 1 amide bonds. The number of nitrogens with zero attached hydrogens (tertiary/aromatic N) is 2. The molecule has 1 aromatic heterocycles. The summed E-state index contributed by atoms with van der Waals surface area (Å²) in [5, 5.41) is 0.840. The van der Waals surface area contributed by atoms with Crippen molar-refractivity contribution in [2.45, 2.75) is 38.1 Å². The Bertz CT molecular complexity index is 368. The summed E-state index contributed by atoms with van der Waals surface area (Å²) < 4.78 is 0. The van der Waals surface area contributed by atoms with Crippen LogP contribution < -0.4 is 5.73 Å². The largest absolute Gasteiger partial charge is 0.364 e. The van der Waals surface area contributed by atoms with Gasteiger partial charge in [0.05, 0.1) is 11.9 Å². The second-order valence-electron chi connectivity index (χ2n) is 3.41. The van der Waals surface area contributed by atoms with Gasteiger partial charge in [-0.25, -0.2) is 4.98 Å². The third kappa shape index (κ3) is 3.48. The molecule has 0 radical (unpaired) electrons. The van der Waals surface area contributed by atoms with Gasteiger partial charge in [-0.2, -0.15) is 0 Å². The number of amides is 1. The molecule has 0 saturated heterocycles. The normalized spacial score (nSPS) is 10.4. The second-order valence-corrected chi connectivity index (χ2v) is 4.66. The third-order valence-electron chi connectivity index (χ3n) is 2.11. The third-order valence-corrected chi connectivity index (χ3v) is 3.00. The summed E-state index contributed by atoms with van der Waals surface area (Å²) in [6.07, 6.45) is 4.58. The molecule has 0 spiro atoms. The molecule has 1 rings (SSSR count). The number of rotatable bonds is 6. The van der Waals surface area contributed by atoms with Crippen LogP contribution in [-0.2, 0) is 6.42 Å². The molecule has 1 aromatic rings. The first kappa shape index (κ1) is 13.0. The Hall–Kier alpha value is -1.10. The predicted octanol–water partition coefficient (Wildman–Crippen LogP) is 2.03. The quantitative estimate of drug-likeness (QED) is 0.771. The van der Waals surface area contributed by atoms with Crippen molar-refractivity contribution < 1.29 is 4.79 Å². The Morgan fingerprint density at radius 2 is 2.25 bits per heavy atom. The van der Waals surface area contributed by atoms with Crippen LogP contribution in [0.5, 0.6) is 0 Å². The lowest BCUT2D eigenvalue weighted by molar-refractivity contribution is 0.0994. The number of carbonyl (C=O) groups excluding carboxylic acids is 1. The van der Waals surface area contributed by atoms with Crippen molar-refractivity contribution in [3.63, 3.8) is 0 Å². The number of aryl methyl sites for hydroxylation is 1. The van der Waals surface area contributed by atoms with Crippen LogP contribution in [0.4, 0.5) is 0 Å². The molecule has 0 atom stereocenters. The zero-order chi connectivity index (χ0) is 12.0. The zero-order valence-electron chi connectivity index (χ0n) is 9.69. The molecule has 0 aliphatic heterocycles. The lowest BCUT2D eigenvalue weighted by Gasteiger charge is -2.06. The molecule has 1 heterocycles. The molecule has 0 fully saturated rings. The number of hydrogen-bond donors (Lipinski definition) is 1. The Kier molecular flexibility index (Phi) is 5.25. The predicted molar refractivity (Wildman–Crippen MR) is 65.6 cm³/mol. The van der Waals surface area contributed by atoms with E-state index < -0.39 is 5.91 Å². The van der Waals surface area contributed by atoms with E-state index in [1.807, 2.05) is 6.92 Å². The molecule has 2 N–H and O–H groups in total. The van der Waals surface area contributed by atoms with E-state index >= 15 is 0 Å². The van der Waals surface area contributed by atoms with E-state index in [1.165, 1.54) is 6.20 Å². The molecule has 0 bridgehead atoms. The van der Waals surface area contributed by atoms with Crippen molar-refractivity contribution in [2.75, 3.05) is 5.75 Å². The fourth-order valence-electron chi connectivity index (χ4n) is 1.28. The minimum atomic E-state index is -0.521. The van der Waals surface area contributed by atoms with E-state index in [-0.39, 0.29) is 5.69 Å². The number of nitrogens with two attached hydrogens (primary N) is 1. The summed E-state index contributed by atoms with van der Waals surface area (Å²) in [6, 6.07) is 0. The van der Waals surface area contributed by atoms with Gasteiger partial charge in [0.15, 0.2) is 0 Å². The van der Waals surface area contributed by atoms with Gasteiger partial charge in [0.1, 0.15) is 10.7 Å². The van der Waals surface area contributed by atoms with Crippen LogP contribution in [0.15, 0.2) is 11.2 Å². The van der Waals surface area contributed by atoms with E-state index in [2.05, 4.69) is 16.9 Å². The zero-order valence-corrected chi connectivity index (χ0v) is 10.5. The fraction of sp³-hybridized carbons (Fsp3) is 0.545. The van der Waals surface area contributed by atoms with Gasteiger partial charge < -0.3 is 5.73 Å². The Morgan fingerprint density at radius 1 is 1.50 bits per heavy atom. The van der Waals surface area contributed by atoms with Gasteiger partial charge in [-0.1, -0.05) is 20.3 Å². The highest BCUT2D eigenvalue weighted by Gasteiger charge is 2.10. The first-order valence-electron chi connectivity index (χ1n) is 5.47. The van der Waals surface area contributed by atoms with Crippen molar-refractivity contribution in [3.8, 4) is 0 Å². The van der Waals surface area contributed by atoms with Crippen LogP contribution >= 0.6 is 11.8 Å². The van der Waals surface area contributed by atoms with Gasteiger partial charge in [0.2, 0.25) is 0 Å². The monoisotopic (exact) mass is 239 g/mol. The molecule has 16 heavy (non-hydrogen) atoms. The summed E-state index contributed by atoms with van der Waals surface area (Å²) in [4.78, 5) is 19.5. The average molecular weight is 239 g/mol. The fourth-order valence-corrected chi connectivity index (χ4v) is 2.04. The molecule has 5 heteroatoms. The van der Waals surface area contributed by atoms with Crippen molar-refractivity contribution in [1.82, 2.24) is 9.97 Å². The number of unbranched alkanes of at least 4 members (excludes halogenated alkanes) is 1. The second kappa shape index (κ2) is 6.48. The van der Waals surface area contributed by atoms with E-state index in [1.54, 1.807) is 11.8 Å². The van der Waals surface area contributed by atoms with E-state index in [0.29, 0.717) is 0 Å². The molecular formula is C11H17N3OS. The van der Waals surface area contributed by atoms with E-state index in [0.717, 1.165) is 35.7 Å². The van der Waals surface area contributed by atoms with Gasteiger partial charge >= 0.3 is 0 Å². The molecule has 0 aromatic carbocycles. The first-order valence-corrected chi connectivity index (χ1v) is 6.46. The Balaban J connectivity index is 2.94. The highest BCUT2D eigenvalue weighted by Crippen LogP contribution is 2.20. The summed E-state index contributed by atoms with van der Waals surface area (Å²) in [7, 11) is 0. The van der Waals surface area contributed by atoms with Crippen molar-refractivity contribution in [1.29, 1.82) is 0 Å². The maximum Gasteiger partial charge on any atom is 0.268 e. The summed E-state index contributed by atoms with van der Waals surface area (Å²) >= 11 is 1.60. The van der Waals surface area contributed by atoms with Gasteiger partial charge in [-0.3, -0.25) is 9.78 Å². The topological polar surface area (TPSA) is 68.9 Å². The minimum Gasteiger partial charge on any atom is -0.364 e. The number of hydrogen-bond acceptors (Lipinski definition) is 4. The van der Waals surface area contributed by atoms with Crippen LogP contribution in [0.25, 0.3) is 0 Å². The van der Waals surface area contributed by atoms with Gasteiger partial charge in [0.25, 0.3) is 5.91 Å². The van der Waals surface area contributed by atoms with Crippen molar-refractivity contribution >= 4 is 17.7 Å². The van der Waals surface area contributed by atoms with Gasteiger partial charge in [-0.15, -0.1) is 11.8 Å². The molecule has 4 nitrogen and oxygen atoms in total. The number of aromatic nitrogens is 2.